The summed E-state index contributed by atoms with van der Waals surface area (Å²) in [6.45, 7) is 0. The minimum absolute atomic E-state index is 0.187. The van der Waals surface area contributed by atoms with E-state index in [4.69, 9.17) is 18.9 Å². The quantitative estimate of drug-likeness (QED) is 0.850. The highest BCUT2D eigenvalue weighted by Gasteiger charge is 2.16. The molecule has 0 bridgehead atoms. The lowest BCUT2D eigenvalue weighted by atomic mass is 10.1. The first-order valence-corrected chi connectivity index (χ1v) is 6.64. The van der Waals surface area contributed by atoms with Gasteiger partial charge in [0.2, 0.25) is 11.2 Å². The second-order valence-corrected chi connectivity index (χ2v) is 4.44. The Balaban J connectivity index is 2.67. The summed E-state index contributed by atoms with van der Waals surface area (Å²) in [6, 6.07) is 10.3. The van der Waals surface area contributed by atoms with E-state index in [0.717, 1.165) is 11.1 Å². The number of ether oxygens (including phenoxy) is 4. The fraction of sp³-hybridized carbons (Fsp3) is 0.235. The Morgan fingerprint density at radius 3 is 1.82 bits per heavy atom. The van der Waals surface area contributed by atoms with Gasteiger partial charge < -0.3 is 18.9 Å². The van der Waals surface area contributed by atoms with Gasteiger partial charge in [-0.2, -0.15) is 0 Å². The van der Waals surface area contributed by atoms with Gasteiger partial charge in [-0.3, -0.25) is 4.79 Å². The molecule has 0 amide bonds. The van der Waals surface area contributed by atoms with Gasteiger partial charge in [0.15, 0.2) is 17.2 Å². The van der Waals surface area contributed by atoms with E-state index in [-0.39, 0.29) is 11.2 Å². The molecular weight excluding hydrogens is 284 g/mol. The predicted octanol–water partition coefficient (Wildman–Crippen LogP) is 2.75. The average molecular weight is 302 g/mol. The Kier molecular flexibility index (Phi) is 4.88. The molecule has 0 aliphatic carbocycles. The summed E-state index contributed by atoms with van der Waals surface area (Å²) in [5, 5.41) is 0. The molecule has 5 heteroatoms. The van der Waals surface area contributed by atoms with Gasteiger partial charge in [0, 0.05) is 5.56 Å². The van der Waals surface area contributed by atoms with Crippen molar-refractivity contribution < 1.29 is 18.9 Å². The van der Waals surface area contributed by atoms with Crippen LogP contribution >= 0.6 is 0 Å². The summed E-state index contributed by atoms with van der Waals surface area (Å²) in [7, 11) is 6.14. The third kappa shape index (κ3) is 2.83. The topological polar surface area (TPSA) is 54.0 Å². The smallest absolute Gasteiger partial charge is 0.220 e. The minimum Gasteiger partial charge on any atom is -0.493 e. The zero-order chi connectivity index (χ0) is 16.1. The molecule has 0 N–H and O–H groups in total. The van der Waals surface area contributed by atoms with E-state index in [1.165, 1.54) is 13.2 Å². The lowest BCUT2D eigenvalue weighted by molar-refractivity contribution is 0.325. The lowest BCUT2D eigenvalue weighted by Gasteiger charge is -2.15. The standard InChI is InChI=1S/C17H18O5/c1-19-14-9-6-11(5-8-13(14)18)12-7-10-15(20-2)17(22-4)16(12)21-3/h5-10H,1-4H3. The maximum atomic E-state index is 11.8. The van der Waals surface area contributed by atoms with Crippen molar-refractivity contribution in [2.75, 3.05) is 28.4 Å². The van der Waals surface area contributed by atoms with Crippen molar-refractivity contribution in [2.45, 2.75) is 0 Å². The van der Waals surface area contributed by atoms with E-state index < -0.39 is 0 Å². The zero-order valence-electron chi connectivity index (χ0n) is 13.0. The van der Waals surface area contributed by atoms with Crippen LogP contribution in [0.5, 0.6) is 23.0 Å². The Hall–Kier alpha value is -2.69. The Labute approximate surface area is 129 Å². The molecule has 22 heavy (non-hydrogen) atoms. The van der Waals surface area contributed by atoms with Crippen molar-refractivity contribution in [3.05, 3.63) is 46.6 Å². The van der Waals surface area contributed by atoms with Crippen molar-refractivity contribution in [1.29, 1.82) is 0 Å². The molecule has 2 aromatic rings. The SMILES string of the molecule is COc1ccc(-c2ccc(OC)c(=O)cc2)c(OC)c1OC. The number of methoxy groups -OCH3 is 4. The normalized spacial score (nSPS) is 10.0. The molecule has 116 valence electrons. The number of hydrogen-bond acceptors (Lipinski definition) is 5. The van der Waals surface area contributed by atoms with Crippen LogP contribution < -0.4 is 24.4 Å². The van der Waals surface area contributed by atoms with E-state index in [2.05, 4.69) is 0 Å². The summed E-state index contributed by atoms with van der Waals surface area (Å²) in [5.74, 6) is 1.90. The van der Waals surface area contributed by atoms with Crippen molar-refractivity contribution in [3.8, 4) is 34.1 Å². The van der Waals surface area contributed by atoms with E-state index >= 15 is 0 Å². The monoisotopic (exact) mass is 302 g/mol. The van der Waals surface area contributed by atoms with Crippen LogP contribution in [-0.4, -0.2) is 28.4 Å². The van der Waals surface area contributed by atoms with Crippen LogP contribution in [0.3, 0.4) is 0 Å². The summed E-state index contributed by atoms with van der Waals surface area (Å²) >= 11 is 0. The maximum absolute atomic E-state index is 11.8. The number of hydrogen-bond donors (Lipinski definition) is 0. The molecule has 2 aromatic carbocycles. The Morgan fingerprint density at radius 2 is 1.23 bits per heavy atom. The van der Waals surface area contributed by atoms with Crippen molar-refractivity contribution in [1.82, 2.24) is 0 Å². The van der Waals surface area contributed by atoms with Crippen LogP contribution in [-0.2, 0) is 0 Å². The molecule has 0 saturated heterocycles. The second-order valence-electron chi connectivity index (χ2n) is 4.44. The Bertz CT molecular complexity index is 725. The van der Waals surface area contributed by atoms with E-state index in [1.54, 1.807) is 45.6 Å². The highest BCUT2D eigenvalue weighted by molar-refractivity contribution is 5.76. The molecule has 5 nitrogen and oxygen atoms in total. The zero-order valence-corrected chi connectivity index (χ0v) is 13.0. The first-order chi connectivity index (χ1) is 10.7. The van der Waals surface area contributed by atoms with Crippen molar-refractivity contribution in [3.63, 3.8) is 0 Å². The molecule has 0 aromatic heterocycles. The van der Waals surface area contributed by atoms with Crippen LogP contribution in [0.1, 0.15) is 0 Å². The minimum atomic E-state index is -0.187. The van der Waals surface area contributed by atoms with Crippen molar-refractivity contribution >= 4 is 0 Å². The molecule has 0 atom stereocenters. The molecule has 2 rings (SSSR count). The van der Waals surface area contributed by atoms with Gasteiger partial charge in [0.1, 0.15) is 0 Å². The first-order valence-electron chi connectivity index (χ1n) is 6.64. The van der Waals surface area contributed by atoms with Gasteiger partial charge >= 0.3 is 0 Å². The highest BCUT2D eigenvalue weighted by atomic mass is 16.5. The first kappa shape index (κ1) is 15.7. The molecule has 0 saturated carbocycles. The summed E-state index contributed by atoms with van der Waals surface area (Å²) in [6.07, 6.45) is 0. The van der Waals surface area contributed by atoms with Crippen molar-refractivity contribution in [2.24, 2.45) is 0 Å². The van der Waals surface area contributed by atoms with Crippen LogP contribution in [0.15, 0.2) is 41.2 Å². The molecule has 0 unspecified atom stereocenters. The number of rotatable bonds is 5. The third-order valence-corrected chi connectivity index (χ3v) is 3.31. The summed E-state index contributed by atoms with van der Waals surface area (Å²) < 4.78 is 21.2. The van der Waals surface area contributed by atoms with Crippen LogP contribution in [0.25, 0.3) is 11.1 Å². The summed E-state index contributed by atoms with van der Waals surface area (Å²) in [4.78, 5) is 11.8. The molecule has 0 fully saturated rings. The number of benzene rings is 1. The van der Waals surface area contributed by atoms with E-state index in [9.17, 15) is 4.79 Å². The second kappa shape index (κ2) is 6.85. The van der Waals surface area contributed by atoms with Gasteiger partial charge in [-0.1, -0.05) is 12.1 Å². The van der Waals surface area contributed by atoms with Gasteiger partial charge in [-0.15, -0.1) is 0 Å². The van der Waals surface area contributed by atoms with Gasteiger partial charge in [-0.05, 0) is 29.8 Å². The van der Waals surface area contributed by atoms with Crippen LogP contribution in [0.4, 0.5) is 0 Å². The molecule has 0 spiro atoms. The van der Waals surface area contributed by atoms with E-state index in [0.29, 0.717) is 17.2 Å². The maximum Gasteiger partial charge on any atom is 0.220 e. The lowest BCUT2D eigenvalue weighted by Crippen LogP contribution is -1.99. The largest absolute Gasteiger partial charge is 0.493 e. The molecule has 0 aliphatic heterocycles. The van der Waals surface area contributed by atoms with Gasteiger partial charge in [0.05, 0.1) is 28.4 Å². The molecule has 0 aliphatic rings. The van der Waals surface area contributed by atoms with Crippen LogP contribution in [0, 0.1) is 0 Å². The fourth-order valence-electron chi connectivity index (χ4n) is 2.23. The Morgan fingerprint density at radius 1 is 0.636 bits per heavy atom. The third-order valence-electron chi connectivity index (χ3n) is 3.31. The molecule has 0 radical (unpaired) electrons. The van der Waals surface area contributed by atoms with E-state index in [1.807, 2.05) is 6.07 Å². The molecule has 0 heterocycles. The van der Waals surface area contributed by atoms with Crippen LogP contribution in [0.2, 0.25) is 0 Å². The van der Waals surface area contributed by atoms with Gasteiger partial charge in [0.25, 0.3) is 0 Å². The molecular formula is C17H18O5. The average Bonchev–Trinajstić information content (AvgIpc) is 2.74. The van der Waals surface area contributed by atoms with Gasteiger partial charge in [-0.25, -0.2) is 0 Å². The highest BCUT2D eigenvalue weighted by Crippen LogP contribution is 2.43. The predicted molar refractivity (Wildman–Crippen MR) is 84.4 cm³/mol. The fourth-order valence-corrected chi connectivity index (χ4v) is 2.23. The summed E-state index contributed by atoms with van der Waals surface area (Å²) in [5.41, 5.74) is 1.41.